The van der Waals surface area contributed by atoms with E-state index in [1.165, 1.54) is 0 Å². The van der Waals surface area contributed by atoms with Crippen molar-refractivity contribution in [1.29, 1.82) is 0 Å². The van der Waals surface area contributed by atoms with Crippen LogP contribution in [0.2, 0.25) is 0 Å². The molecule has 2 heterocycles. The Kier molecular flexibility index (Phi) is 3.28. The van der Waals surface area contributed by atoms with E-state index in [-0.39, 0.29) is 12.1 Å². The van der Waals surface area contributed by atoms with Gasteiger partial charge in [0, 0.05) is 11.8 Å². The fourth-order valence-corrected chi connectivity index (χ4v) is 2.18. The van der Waals surface area contributed by atoms with Gasteiger partial charge >= 0.3 is 0 Å². The molecular weight excluding hydrogens is 256 g/mol. The highest BCUT2D eigenvalue weighted by atomic mass is 16.6. The average molecular weight is 272 g/mol. The molecule has 0 aliphatic carbocycles. The van der Waals surface area contributed by atoms with Gasteiger partial charge in [-0.3, -0.25) is 0 Å². The first-order valence-electron chi connectivity index (χ1n) is 6.48. The lowest BCUT2D eigenvalue weighted by molar-refractivity contribution is 0.0849. The zero-order valence-corrected chi connectivity index (χ0v) is 11.0. The maximum Gasteiger partial charge on any atom is 0.222 e. The Labute approximate surface area is 116 Å². The predicted octanol–water partition coefficient (Wildman–Crippen LogP) is 1.41. The van der Waals surface area contributed by atoms with E-state index < -0.39 is 0 Å². The van der Waals surface area contributed by atoms with Gasteiger partial charge < -0.3 is 20.9 Å². The molecule has 0 saturated heterocycles. The van der Waals surface area contributed by atoms with E-state index in [9.17, 15) is 0 Å². The highest BCUT2D eigenvalue weighted by molar-refractivity contribution is 5.40. The normalized spacial score (nSPS) is 16.9. The first kappa shape index (κ1) is 12.5. The van der Waals surface area contributed by atoms with E-state index in [1.807, 2.05) is 24.3 Å². The predicted molar refractivity (Wildman–Crippen MR) is 75.5 cm³/mol. The summed E-state index contributed by atoms with van der Waals surface area (Å²) < 4.78 is 11.5. The monoisotopic (exact) mass is 272 g/mol. The third-order valence-corrected chi connectivity index (χ3v) is 3.11. The second kappa shape index (κ2) is 5.24. The third-order valence-electron chi connectivity index (χ3n) is 3.11. The molecule has 4 N–H and O–H groups in total. The summed E-state index contributed by atoms with van der Waals surface area (Å²) in [6, 6.07) is 9.39. The number of para-hydroxylation sites is 2. The minimum atomic E-state index is 0.00214. The summed E-state index contributed by atoms with van der Waals surface area (Å²) >= 11 is 0. The zero-order chi connectivity index (χ0) is 13.9. The molecule has 1 atom stereocenters. The average Bonchev–Trinajstić information content (AvgIpc) is 2.44. The Morgan fingerprint density at radius 1 is 1.15 bits per heavy atom. The van der Waals surface area contributed by atoms with Crippen LogP contribution in [-0.2, 0) is 6.42 Å². The molecule has 0 amide bonds. The Morgan fingerprint density at radius 2 is 1.95 bits per heavy atom. The molecule has 104 valence electrons. The van der Waals surface area contributed by atoms with Crippen molar-refractivity contribution in [3.63, 3.8) is 0 Å². The van der Waals surface area contributed by atoms with Crippen molar-refractivity contribution in [2.24, 2.45) is 0 Å². The molecule has 6 nitrogen and oxygen atoms in total. The van der Waals surface area contributed by atoms with Crippen molar-refractivity contribution in [3.8, 4) is 11.5 Å². The van der Waals surface area contributed by atoms with Gasteiger partial charge in [0.15, 0.2) is 11.5 Å². The Hall–Kier alpha value is -2.50. The molecule has 0 unspecified atom stereocenters. The van der Waals surface area contributed by atoms with Gasteiger partial charge in [-0.1, -0.05) is 12.1 Å². The van der Waals surface area contributed by atoms with Crippen LogP contribution in [0.15, 0.2) is 30.3 Å². The van der Waals surface area contributed by atoms with Gasteiger partial charge in [-0.05, 0) is 25.0 Å². The van der Waals surface area contributed by atoms with Crippen LogP contribution in [0.1, 0.15) is 12.1 Å². The highest BCUT2D eigenvalue weighted by Crippen LogP contribution is 2.31. The molecule has 20 heavy (non-hydrogen) atoms. The molecule has 0 spiro atoms. The number of fused-ring (bicyclic) bond motifs is 1. The maximum atomic E-state index is 5.88. The molecule has 6 heteroatoms. The molecule has 2 aromatic rings. The highest BCUT2D eigenvalue weighted by Gasteiger charge is 2.20. The first-order chi connectivity index (χ1) is 9.70. The third kappa shape index (κ3) is 2.74. The second-order valence-corrected chi connectivity index (χ2v) is 4.68. The van der Waals surface area contributed by atoms with E-state index >= 15 is 0 Å². The maximum absolute atomic E-state index is 5.88. The zero-order valence-electron chi connectivity index (χ0n) is 11.0. The molecule has 1 aromatic heterocycles. The van der Waals surface area contributed by atoms with Crippen LogP contribution in [0.4, 0.5) is 11.8 Å². The number of ether oxygens (including phenoxy) is 2. The molecule has 3 rings (SSSR count). The van der Waals surface area contributed by atoms with Gasteiger partial charge in [0.25, 0.3) is 0 Å². The minimum Gasteiger partial charge on any atom is -0.486 e. The summed E-state index contributed by atoms with van der Waals surface area (Å²) in [4.78, 5) is 8.00. The molecule has 0 radical (unpaired) electrons. The van der Waals surface area contributed by atoms with E-state index in [4.69, 9.17) is 20.9 Å². The summed E-state index contributed by atoms with van der Waals surface area (Å²) in [7, 11) is 0. The molecule has 0 bridgehead atoms. The summed E-state index contributed by atoms with van der Waals surface area (Å²) in [6.45, 7) is 0.535. The molecular formula is C14H16N4O2. The second-order valence-electron chi connectivity index (χ2n) is 4.68. The number of nitrogens with two attached hydrogens (primary N) is 2. The lowest BCUT2D eigenvalue weighted by Crippen LogP contribution is -2.29. The first-order valence-corrected chi connectivity index (χ1v) is 6.48. The number of nitrogens with zero attached hydrogens (tertiary/aromatic N) is 2. The van der Waals surface area contributed by atoms with Crippen molar-refractivity contribution in [1.82, 2.24) is 9.97 Å². The summed E-state index contributed by atoms with van der Waals surface area (Å²) in [5, 5.41) is 0. The topological polar surface area (TPSA) is 96.3 Å². The number of nitrogen functional groups attached to an aromatic ring is 2. The van der Waals surface area contributed by atoms with Crippen LogP contribution in [0, 0.1) is 0 Å². The van der Waals surface area contributed by atoms with Crippen molar-refractivity contribution in [3.05, 3.63) is 36.0 Å². The Bertz CT molecular complexity index is 598. The Balaban J connectivity index is 1.62. The molecule has 0 fully saturated rings. The van der Waals surface area contributed by atoms with Gasteiger partial charge in [0.05, 0.1) is 0 Å². The van der Waals surface area contributed by atoms with Gasteiger partial charge in [0.1, 0.15) is 18.5 Å². The lowest BCUT2D eigenvalue weighted by atomic mass is 10.1. The van der Waals surface area contributed by atoms with Crippen LogP contribution in [-0.4, -0.2) is 22.7 Å². The molecule has 1 aliphatic rings. The van der Waals surface area contributed by atoms with E-state index in [0.29, 0.717) is 18.8 Å². The van der Waals surface area contributed by atoms with E-state index in [2.05, 4.69) is 9.97 Å². The Morgan fingerprint density at radius 3 is 2.75 bits per heavy atom. The van der Waals surface area contributed by atoms with Crippen LogP contribution in [0.5, 0.6) is 11.5 Å². The largest absolute Gasteiger partial charge is 0.486 e. The van der Waals surface area contributed by atoms with E-state index in [0.717, 1.165) is 23.6 Å². The van der Waals surface area contributed by atoms with Gasteiger partial charge in [-0.25, -0.2) is 4.98 Å². The van der Waals surface area contributed by atoms with Gasteiger partial charge in [0.2, 0.25) is 5.95 Å². The van der Waals surface area contributed by atoms with E-state index in [1.54, 1.807) is 6.07 Å². The number of anilines is 2. The number of hydrogen-bond donors (Lipinski definition) is 2. The fraction of sp³-hybridized carbons (Fsp3) is 0.286. The van der Waals surface area contributed by atoms with Gasteiger partial charge in [-0.2, -0.15) is 4.98 Å². The van der Waals surface area contributed by atoms with Crippen molar-refractivity contribution in [2.45, 2.75) is 18.9 Å². The van der Waals surface area contributed by atoms with Crippen LogP contribution in [0.3, 0.4) is 0 Å². The standard InChI is InChI=1S/C14H16N4O2/c15-13-7-9(17-14(16)18-13)5-6-10-8-19-11-3-1-2-4-12(11)20-10/h1-4,7,10H,5-6,8H2,(H4,15,16,17,18)/t10-/m1/s1. The number of hydrogen-bond acceptors (Lipinski definition) is 6. The molecule has 1 aliphatic heterocycles. The molecule has 1 aromatic carbocycles. The SMILES string of the molecule is Nc1cc(CC[C@@H]2COc3ccccc3O2)nc(N)n1. The van der Waals surface area contributed by atoms with Gasteiger partial charge in [-0.15, -0.1) is 0 Å². The summed E-state index contributed by atoms with van der Waals surface area (Å²) in [5.74, 6) is 2.16. The van der Waals surface area contributed by atoms with Crippen LogP contribution >= 0.6 is 0 Å². The fourth-order valence-electron chi connectivity index (χ4n) is 2.18. The van der Waals surface area contributed by atoms with Crippen LogP contribution in [0.25, 0.3) is 0 Å². The number of aryl methyl sites for hydroxylation is 1. The van der Waals surface area contributed by atoms with Crippen molar-refractivity contribution in [2.75, 3.05) is 18.1 Å². The summed E-state index contributed by atoms with van der Waals surface area (Å²) in [6.07, 6.45) is 1.50. The number of aromatic nitrogens is 2. The van der Waals surface area contributed by atoms with Crippen molar-refractivity contribution >= 4 is 11.8 Å². The van der Waals surface area contributed by atoms with Crippen LogP contribution < -0.4 is 20.9 Å². The van der Waals surface area contributed by atoms with Crippen molar-refractivity contribution < 1.29 is 9.47 Å². The minimum absolute atomic E-state index is 0.00214. The lowest BCUT2D eigenvalue weighted by Gasteiger charge is -2.26. The number of rotatable bonds is 3. The summed E-state index contributed by atoms with van der Waals surface area (Å²) in [5.41, 5.74) is 12.0. The molecule has 0 saturated carbocycles. The quantitative estimate of drug-likeness (QED) is 0.877. The number of benzene rings is 1. The smallest absolute Gasteiger partial charge is 0.222 e.